The van der Waals surface area contributed by atoms with Crippen LogP contribution in [-0.2, 0) is 9.53 Å². The number of piperazine rings is 1. The van der Waals surface area contributed by atoms with E-state index in [-0.39, 0.29) is 16.2 Å². The van der Waals surface area contributed by atoms with Crippen molar-refractivity contribution >= 4 is 17.8 Å². The van der Waals surface area contributed by atoms with Gasteiger partial charge in [-0.3, -0.25) is 14.9 Å². The Bertz CT molecular complexity index is 553. The second-order valence-electron chi connectivity index (χ2n) is 6.75. The minimum atomic E-state index is -0.318. The standard InChI is InChI=1S/C12H17N3O2.C5H10O2/c1-9-7-11(14-5-3-13-4-6-14)8-10(2)12(9)15(16)17;1-5(2,3)7-4-6/h7-8,13H,3-6H2,1-2H3;4H,1-3H3. The van der Waals surface area contributed by atoms with Gasteiger partial charge in [0.25, 0.3) is 12.2 Å². The Balaban J connectivity index is 0.000000351. The first-order chi connectivity index (χ1) is 11.2. The number of nitrogens with zero attached hydrogens (tertiary/aromatic N) is 2. The summed E-state index contributed by atoms with van der Waals surface area (Å²) in [6, 6.07) is 3.83. The first kappa shape index (κ1) is 19.9. The molecule has 0 saturated carbocycles. The van der Waals surface area contributed by atoms with Gasteiger partial charge in [-0.2, -0.15) is 0 Å². The molecule has 0 bridgehead atoms. The topological polar surface area (TPSA) is 84.7 Å². The molecule has 0 radical (unpaired) electrons. The fourth-order valence-electron chi connectivity index (χ4n) is 2.47. The van der Waals surface area contributed by atoms with Crippen molar-refractivity contribution in [2.24, 2.45) is 0 Å². The summed E-state index contributed by atoms with van der Waals surface area (Å²) < 4.78 is 4.55. The first-order valence-electron chi connectivity index (χ1n) is 7.98. The third-order valence-corrected chi connectivity index (χ3v) is 3.54. The maximum absolute atomic E-state index is 10.9. The highest BCUT2D eigenvalue weighted by Crippen LogP contribution is 2.28. The molecule has 0 aromatic heterocycles. The summed E-state index contributed by atoms with van der Waals surface area (Å²) in [4.78, 5) is 22.5. The molecule has 0 atom stereocenters. The van der Waals surface area contributed by atoms with Gasteiger partial charge in [-0.25, -0.2) is 0 Å². The van der Waals surface area contributed by atoms with E-state index in [2.05, 4.69) is 15.0 Å². The number of nitrogens with one attached hydrogen (secondary N) is 1. The third-order valence-electron chi connectivity index (χ3n) is 3.54. The van der Waals surface area contributed by atoms with Gasteiger partial charge in [0, 0.05) is 43.0 Å². The Morgan fingerprint density at radius 3 is 2.04 bits per heavy atom. The second-order valence-corrected chi connectivity index (χ2v) is 6.75. The van der Waals surface area contributed by atoms with E-state index in [9.17, 15) is 14.9 Å². The highest BCUT2D eigenvalue weighted by Gasteiger charge is 2.18. The zero-order chi connectivity index (χ0) is 18.3. The van der Waals surface area contributed by atoms with Gasteiger partial charge in [-0.1, -0.05) is 0 Å². The van der Waals surface area contributed by atoms with Crippen LogP contribution in [0.3, 0.4) is 0 Å². The van der Waals surface area contributed by atoms with Gasteiger partial charge in [0.05, 0.1) is 4.92 Å². The Hall–Kier alpha value is -2.15. The number of rotatable bonds is 3. The van der Waals surface area contributed by atoms with Gasteiger partial charge in [0.1, 0.15) is 5.60 Å². The lowest BCUT2D eigenvalue weighted by atomic mass is 10.1. The smallest absolute Gasteiger partial charge is 0.293 e. The van der Waals surface area contributed by atoms with Crippen molar-refractivity contribution in [3.05, 3.63) is 33.4 Å². The molecule has 134 valence electrons. The van der Waals surface area contributed by atoms with Gasteiger partial charge in [-0.15, -0.1) is 0 Å². The van der Waals surface area contributed by atoms with E-state index in [1.54, 1.807) is 13.8 Å². The van der Waals surface area contributed by atoms with Crippen molar-refractivity contribution < 1.29 is 14.5 Å². The van der Waals surface area contributed by atoms with Crippen LogP contribution in [0.2, 0.25) is 0 Å². The van der Waals surface area contributed by atoms with Crippen LogP contribution in [0.1, 0.15) is 31.9 Å². The minimum Gasteiger partial charge on any atom is -0.462 e. The monoisotopic (exact) mass is 337 g/mol. The molecule has 1 aliphatic heterocycles. The second kappa shape index (κ2) is 8.63. The fraction of sp³-hybridized carbons (Fsp3) is 0.588. The highest BCUT2D eigenvalue weighted by atomic mass is 16.6. The molecule has 1 fully saturated rings. The number of hydrogen-bond acceptors (Lipinski definition) is 6. The zero-order valence-corrected chi connectivity index (χ0v) is 15.1. The Morgan fingerprint density at radius 2 is 1.71 bits per heavy atom. The van der Waals surface area contributed by atoms with Crippen LogP contribution in [0.4, 0.5) is 11.4 Å². The first-order valence-corrected chi connectivity index (χ1v) is 7.98. The van der Waals surface area contributed by atoms with Gasteiger partial charge >= 0.3 is 0 Å². The number of hydrogen-bond donors (Lipinski definition) is 1. The number of aryl methyl sites for hydroxylation is 2. The Kier molecular flexibility index (Phi) is 7.16. The van der Waals surface area contributed by atoms with E-state index in [1.165, 1.54) is 0 Å². The Morgan fingerprint density at radius 1 is 1.21 bits per heavy atom. The molecule has 0 aliphatic carbocycles. The molecule has 0 spiro atoms. The minimum absolute atomic E-state index is 0.240. The molecule has 1 aliphatic rings. The summed E-state index contributed by atoms with van der Waals surface area (Å²) in [6.45, 7) is 13.4. The van der Waals surface area contributed by atoms with Crippen molar-refractivity contribution in [1.29, 1.82) is 0 Å². The number of nitro benzene ring substituents is 1. The quantitative estimate of drug-likeness (QED) is 0.518. The molecular weight excluding hydrogens is 310 g/mol. The van der Waals surface area contributed by atoms with Crippen LogP contribution >= 0.6 is 0 Å². The molecule has 1 N–H and O–H groups in total. The average Bonchev–Trinajstić information content (AvgIpc) is 2.46. The number of ether oxygens (including phenoxy) is 1. The predicted octanol–water partition coefficient (Wildman–Crippen LogP) is 2.58. The SMILES string of the molecule is CC(C)(C)OC=O.Cc1cc(N2CCNCC2)cc(C)c1[N+](=O)[O-]. The van der Waals surface area contributed by atoms with Gasteiger partial charge in [-0.05, 0) is 46.8 Å². The molecule has 1 heterocycles. The van der Waals surface area contributed by atoms with Crippen LogP contribution in [0.5, 0.6) is 0 Å². The third kappa shape index (κ3) is 6.16. The molecule has 0 amide bonds. The van der Waals surface area contributed by atoms with E-state index in [1.807, 2.05) is 32.9 Å². The lowest BCUT2D eigenvalue weighted by Gasteiger charge is -2.29. The van der Waals surface area contributed by atoms with Crippen molar-refractivity contribution in [2.75, 3.05) is 31.1 Å². The van der Waals surface area contributed by atoms with Crippen molar-refractivity contribution in [2.45, 2.75) is 40.2 Å². The molecule has 7 heteroatoms. The van der Waals surface area contributed by atoms with E-state index >= 15 is 0 Å². The average molecular weight is 337 g/mol. The van der Waals surface area contributed by atoms with Crippen LogP contribution in [0.15, 0.2) is 12.1 Å². The zero-order valence-electron chi connectivity index (χ0n) is 15.1. The summed E-state index contributed by atoms with van der Waals surface area (Å²) in [7, 11) is 0. The molecule has 1 saturated heterocycles. The van der Waals surface area contributed by atoms with Gasteiger partial charge in [0.2, 0.25) is 0 Å². The summed E-state index contributed by atoms with van der Waals surface area (Å²) in [5.74, 6) is 0. The summed E-state index contributed by atoms with van der Waals surface area (Å²) in [5.41, 5.74) is 2.49. The van der Waals surface area contributed by atoms with E-state index < -0.39 is 0 Å². The van der Waals surface area contributed by atoms with Crippen LogP contribution in [0, 0.1) is 24.0 Å². The number of nitro groups is 1. The number of carbonyl (C=O) groups excluding carboxylic acids is 1. The van der Waals surface area contributed by atoms with Crippen LogP contribution in [0.25, 0.3) is 0 Å². The molecule has 0 unspecified atom stereocenters. The summed E-state index contributed by atoms with van der Waals surface area (Å²) in [6.07, 6.45) is 0. The van der Waals surface area contributed by atoms with Crippen molar-refractivity contribution in [3.8, 4) is 0 Å². The van der Waals surface area contributed by atoms with E-state index in [0.29, 0.717) is 6.47 Å². The maximum Gasteiger partial charge on any atom is 0.293 e. The van der Waals surface area contributed by atoms with Gasteiger partial charge in [0.15, 0.2) is 0 Å². The lowest BCUT2D eigenvalue weighted by molar-refractivity contribution is -0.386. The van der Waals surface area contributed by atoms with E-state index in [0.717, 1.165) is 43.0 Å². The van der Waals surface area contributed by atoms with E-state index in [4.69, 9.17) is 0 Å². The largest absolute Gasteiger partial charge is 0.462 e. The Labute approximate surface area is 143 Å². The molecular formula is C17H27N3O4. The number of anilines is 1. The number of benzene rings is 1. The fourth-order valence-corrected chi connectivity index (χ4v) is 2.47. The summed E-state index contributed by atoms with van der Waals surface area (Å²) in [5, 5.41) is 14.2. The molecule has 24 heavy (non-hydrogen) atoms. The van der Waals surface area contributed by atoms with Crippen molar-refractivity contribution in [1.82, 2.24) is 5.32 Å². The van der Waals surface area contributed by atoms with Crippen LogP contribution in [-0.4, -0.2) is 43.2 Å². The van der Waals surface area contributed by atoms with Crippen LogP contribution < -0.4 is 10.2 Å². The molecule has 1 aromatic rings. The van der Waals surface area contributed by atoms with Gasteiger partial charge < -0.3 is 15.0 Å². The highest BCUT2D eigenvalue weighted by molar-refractivity contribution is 5.59. The molecule has 2 rings (SSSR count). The lowest BCUT2D eigenvalue weighted by Crippen LogP contribution is -2.43. The molecule has 7 nitrogen and oxygen atoms in total. The normalized spacial score (nSPS) is 14.5. The number of carbonyl (C=O) groups is 1. The maximum atomic E-state index is 10.9. The predicted molar refractivity (Wildman–Crippen MR) is 94.6 cm³/mol. The summed E-state index contributed by atoms with van der Waals surface area (Å²) >= 11 is 0. The van der Waals surface area contributed by atoms with Crippen molar-refractivity contribution in [3.63, 3.8) is 0 Å². The molecule has 1 aromatic carbocycles.